The van der Waals surface area contributed by atoms with E-state index < -0.39 is 0 Å². The van der Waals surface area contributed by atoms with E-state index in [0.29, 0.717) is 19.1 Å². The van der Waals surface area contributed by atoms with Crippen molar-refractivity contribution in [2.24, 2.45) is 7.05 Å². The lowest BCUT2D eigenvalue weighted by Crippen LogP contribution is -2.07. The highest BCUT2D eigenvalue weighted by atomic mass is 16.5. The van der Waals surface area contributed by atoms with Crippen LogP contribution >= 0.6 is 0 Å². The average Bonchev–Trinajstić information content (AvgIpc) is 2.74. The summed E-state index contributed by atoms with van der Waals surface area (Å²) in [6.45, 7) is 1.28. The van der Waals surface area contributed by atoms with E-state index in [1.165, 1.54) is 5.56 Å². The summed E-state index contributed by atoms with van der Waals surface area (Å²) >= 11 is 0. The summed E-state index contributed by atoms with van der Waals surface area (Å²) in [5.41, 5.74) is 2.34. The van der Waals surface area contributed by atoms with Crippen LogP contribution < -0.4 is 5.32 Å². The van der Waals surface area contributed by atoms with Gasteiger partial charge in [0.05, 0.1) is 6.61 Å². The first-order chi connectivity index (χ1) is 8.31. The molecule has 0 fully saturated rings. The quantitative estimate of drug-likeness (QED) is 0.833. The molecule has 6 nitrogen and oxygen atoms in total. The molecule has 2 rings (SSSR count). The summed E-state index contributed by atoms with van der Waals surface area (Å²) in [5, 5.41) is 14.4. The molecule has 1 aromatic carbocycles. The average molecular weight is 233 g/mol. The lowest BCUT2D eigenvalue weighted by atomic mass is 10.1. The fourth-order valence-corrected chi connectivity index (χ4v) is 1.58. The molecule has 90 valence electrons. The number of hydrogen-bond acceptors (Lipinski definition) is 5. The van der Waals surface area contributed by atoms with Crippen molar-refractivity contribution < 1.29 is 4.74 Å². The third-order valence-corrected chi connectivity index (χ3v) is 2.48. The van der Waals surface area contributed by atoms with Crippen LogP contribution in [0.4, 0.5) is 5.95 Å². The van der Waals surface area contributed by atoms with Gasteiger partial charge in [0.2, 0.25) is 5.95 Å². The Morgan fingerprint density at radius 2 is 2.06 bits per heavy atom. The molecule has 0 amide bonds. The van der Waals surface area contributed by atoms with Crippen LogP contribution in [0.1, 0.15) is 11.1 Å². The summed E-state index contributed by atoms with van der Waals surface area (Å²) < 4.78 is 6.75. The molecule has 0 unspecified atom stereocenters. The number of rotatable bonds is 5. The molecule has 0 radical (unpaired) electrons. The van der Waals surface area contributed by atoms with Crippen molar-refractivity contribution in [3.05, 3.63) is 35.4 Å². The Kier molecular flexibility index (Phi) is 3.66. The Bertz CT molecular complexity index is 482. The number of tetrazole rings is 1. The van der Waals surface area contributed by atoms with Gasteiger partial charge in [0, 0.05) is 20.7 Å². The van der Waals surface area contributed by atoms with Gasteiger partial charge in [-0.15, -0.1) is 0 Å². The molecular formula is C11H15N5O. The van der Waals surface area contributed by atoms with E-state index in [-0.39, 0.29) is 0 Å². The Labute approximate surface area is 99.6 Å². The molecular weight excluding hydrogens is 218 g/mol. The molecule has 6 heteroatoms. The maximum Gasteiger partial charge on any atom is 0.242 e. The molecule has 0 saturated heterocycles. The van der Waals surface area contributed by atoms with Gasteiger partial charge in [-0.25, -0.2) is 4.68 Å². The number of benzene rings is 1. The van der Waals surface area contributed by atoms with Crippen LogP contribution in [0.15, 0.2) is 24.3 Å². The molecule has 1 heterocycles. The van der Waals surface area contributed by atoms with Crippen LogP contribution in [-0.4, -0.2) is 27.3 Å². The highest BCUT2D eigenvalue weighted by Gasteiger charge is 2.04. The normalized spacial score (nSPS) is 10.5. The molecule has 0 bridgehead atoms. The van der Waals surface area contributed by atoms with Crippen molar-refractivity contribution in [3.8, 4) is 0 Å². The zero-order valence-corrected chi connectivity index (χ0v) is 9.92. The van der Waals surface area contributed by atoms with Crippen LogP contribution in [0.3, 0.4) is 0 Å². The summed E-state index contributed by atoms with van der Waals surface area (Å²) in [4.78, 5) is 0. The fraction of sp³-hybridized carbons (Fsp3) is 0.364. The molecule has 0 spiro atoms. The molecule has 0 aliphatic rings. The zero-order chi connectivity index (χ0) is 12.1. The highest BCUT2D eigenvalue weighted by molar-refractivity contribution is 5.31. The first-order valence-corrected chi connectivity index (χ1v) is 5.33. The van der Waals surface area contributed by atoms with Crippen LogP contribution in [0.2, 0.25) is 0 Å². The number of methoxy groups -OCH3 is 1. The van der Waals surface area contributed by atoms with Crippen molar-refractivity contribution in [3.63, 3.8) is 0 Å². The Morgan fingerprint density at radius 3 is 2.71 bits per heavy atom. The molecule has 2 aromatic rings. The summed E-state index contributed by atoms with van der Waals surface area (Å²) in [7, 11) is 3.49. The SMILES string of the molecule is COCc1ccccc1CNc1nnnn1C. The van der Waals surface area contributed by atoms with E-state index in [9.17, 15) is 0 Å². The second-order valence-electron chi connectivity index (χ2n) is 3.68. The summed E-state index contributed by atoms with van der Waals surface area (Å²) in [6, 6.07) is 8.12. The third-order valence-electron chi connectivity index (χ3n) is 2.48. The van der Waals surface area contributed by atoms with E-state index >= 15 is 0 Å². The van der Waals surface area contributed by atoms with E-state index in [1.807, 2.05) is 12.1 Å². The van der Waals surface area contributed by atoms with Gasteiger partial charge < -0.3 is 10.1 Å². The van der Waals surface area contributed by atoms with Gasteiger partial charge >= 0.3 is 0 Å². The lowest BCUT2D eigenvalue weighted by molar-refractivity contribution is 0.184. The van der Waals surface area contributed by atoms with Gasteiger partial charge in [-0.1, -0.05) is 29.4 Å². The van der Waals surface area contributed by atoms with Crippen LogP contribution in [0.5, 0.6) is 0 Å². The number of nitrogens with zero attached hydrogens (tertiary/aromatic N) is 4. The predicted octanol–water partition coefficient (Wildman–Crippen LogP) is 0.969. The number of ether oxygens (including phenoxy) is 1. The topological polar surface area (TPSA) is 64.9 Å². The number of aryl methyl sites for hydroxylation is 1. The van der Waals surface area contributed by atoms with Gasteiger partial charge in [0.15, 0.2) is 0 Å². The van der Waals surface area contributed by atoms with Gasteiger partial charge in [-0.05, 0) is 21.6 Å². The lowest BCUT2D eigenvalue weighted by Gasteiger charge is -2.09. The largest absolute Gasteiger partial charge is 0.380 e. The van der Waals surface area contributed by atoms with E-state index in [2.05, 4.69) is 33.0 Å². The Balaban J connectivity index is 2.06. The first-order valence-electron chi connectivity index (χ1n) is 5.33. The molecule has 1 aromatic heterocycles. The molecule has 0 aliphatic carbocycles. The Hall–Kier alpha value is -1.95. The van der Waals surface area contributed by atoms with Crippen LogP contribution in [0, 0.1) is 0 Å². The standard InChI is InChI=1S/C11H15N5O/c1-16-11(13-14-15-16)12-7-9-5-3-4-6-10(9)8-17-2/h3-6H,7-8H2,1-2H3,(H,12,13,15). The third kappa shape index (κ3) is 2.79. The summed E-state index contributed by atoms with van der Waals surface area (Å²) in [5.74, 6) is 0.650. The van der Waals surface area contributed by atoms with Crippen molar-refractivity contribution in [1.29, 1.82) is 0 Å². The molecule has 0 aliphatic heterocycles. The van der Waals surface area contributed by atoms with Gasteiger partial charge in [-0.2, -0.15) is 0 Å². The number of nitrogens with one attached hydrogen (secondary N) is 1. The monoisotopic (exact) mass is 233 g/mol. The maximum absolute atomic E-state index is 5.16. The number of aromatic nitrogens is 4. The predicted molar refractivity (Wildman–Crippen MR) is 63.3 cm³/mol. The molecule has 17 heavy (non-hydrogen) atoms. The maximum atomic E-state index is 5.16. The van der Waals surface area contributed by atoms with E-state index in [0.717, 1.165) is 5.56 Å². The minimum atomic E-state index is 0.606. The molecule has 1 N–H and O–H groups in total. The smallest absolute Gasteiger partial charge is 0.242 e. The molecule has 0 atom stereocenters. The number of anilines is 1. The number of hydrogen-bond donors (Lipinski definition) is 1. The Morgan fingerprint density at radius 1 is 1.29 bits per heavy atom. The minimum absolute atomic E-state index is 0.606. The summed E-state index contributed by atoms with van der Waals surface area (Å²) in [6.07, 6.45) is 0. The van der Waals surface area contributed by atoms with E-state index in [4.69, 9.17) is 4.74 Å². The first kappa shape index (κ1) is 11.5. The zero-order valence-electron chi connectivity index (χ0n) is 9.92. The van der Waals surface area contributed by atoms with Gasteiger partial charge in [0.1, 0.15) is 0 Å². The van der Waals surface area contributed by atoms with Gasteiger partial charge in [0.25, 0.3) is 0 Å². The minimum Gasteiger partial charge on any atom is -0.380 e. The second-order valence-corrected chi connectivity index (χ2v) is 3.68. The van der Waals surface area contributed by atoms with Crippen molar-refractivity contribution in [2.45, 2.75) is 13.2 Å². The fourth-order valence-electron chi connectivity index (χ4n) is 1.58. The van der Waals surface area contributed by atoms with Crippen molar-refractivity contribution >= 4 is 5.95 Å². The molecule has 0 saturated carbocycles. The van der Waals surface area contributed by atoms with Crippen molar-refractivity contribution in [2.75, 3.05) is 12.4 Å². The highest BCUT2D eigenvalue weighted by Crippen LogP contribution is 2.11. The second kappa shape index (κ2) is 5.40. The van der Waals surface area contributed by atoms with Crippen LogP contribution in [-0.2, 0) is 24.9 Å². The van der Waals surface area contributed by atoms with Gasteiger partial charge in [-0.3, -0.25) is 0 Å². The van der Waals surface area contributed by atoms with Crippen molar-refractivity contribution in [1.82, 2.24) is 20.2 Å². The van der Waals surface area contributed by atoms with E-state index in [1.54, 1.807) is 18.8 Å². The van der Waals surface area contributed by atoms with Crippen LogP contribution in [0.25, 0.3) is 0 Å².